The van der Waals surface area contributed by atoms with Gasteiger partial charge in [0.15, 0.2) is 5.84 Å². The highest BCUT2D eigenvalue weighted by atomic mass is 79.9. The van der Waals surface area contributed by atoms with Crippen LogP contribution in [0.3, 0.4) is 0 Å². The number of amidine groups is 1. The minimum atomic E-state index is -0.0419. The predicted molar refractivity (Wildman–Crippen MR) is 67.0 cm³/mol. The molecule has 0 fully saturated rings. The number of rotatable bonds is 1. The molecule has 0 aliphatic heterocycles. The van der Waals surface area contributed by atoms with E-state index in [1.54, 1.807) is 18.3 Å². The highest BCUT2D eigenvalue weighted by Gasteiger charge is 2.09. The second-order valence-electron chi connectivity index (χ2n) is 3.13. The quantitative estimate of drug-likeness (QED) is 0.368. The van der Waals surface area contributed by atoms with Crippen molar-refractivity contribution in [1.29, 1.82) is 0 Å². The largest absolute Gasteiger partial charge is 0.409 e. The van der Waals surface area contributed by atoms with Crippen LogP contribution in [0, 0.1) is 0 Å². The van der Waals surface area contributed by atoms with Gasteiger partial charge in [-0.05, 0) is 23.6 Å². The van der Waals surface area contributed by atoms with Crippen LogP contribution < -0.4 is 5.73 Å². The molecule has 3 N–H and O–H groups in total. The lowest BCUT2D eigenvalue weighted by Crippen LogP contribution is -2.15. The van der Waals surface area contributed by atoms with Crippen molar-refractivity contribution in [3.05, 3.63) is 39.6 Å². The number of hydrogen-bond donors (Lipinski definition) is 2. The second kappa shape index (κ2) is 4.27. The Hall–Kier alpha value is -1.33. The maximum absolute atomic E-state index is 8.66. The summed E-state index contributed by atoms with van der Waals surface area (Å²) in [6, 6.07) is 5.33. The number of fused-ring (bicyclic) bond motifs is 1. The molecule has 0 unspecified atom stereocenters. The van der Waals surface area contributed by atoms with Crippen LogP contribution in [-0.4, -0.2) is 16.0 Å². The fourth-order valence-corrected chi connectivity index (χ4v) is 2.40. The highest BCUT2D eigenvalue weighted by molar-refractivity contribution is 9.10. The molecule has 6 heteroatoms. The number of hydrogen-bond acceptors (Lipinski definition) is 3. The van der Waals surface area contributed by atoms with Crippen molar-refractivity contribution < 1.29 is 5.21 Å². The van der Waals surface area contributed by atoms with Crippen molar-refractivity contribution >= 4 is 44.1 Å². The van der Waals surface area contributed by atoms with E-state index in [0.717, 1.165) is 15.2 Å². The summed E-state index contributed by atoms with van der Waals surface area (Å²) in [5, 5.41) is 13.8. The first kappa shape index (κ1) is 11.2. The number of halogens is 2. The monoisotopic (exact) mass is 299 g/mol. The van der Waals surface area contributed by atoms with E-state index in [0.29, 0.717) is 10.7 Å². The SMILES string of the molecule is NC(=NO)c1nccc2c(Br)cc(Cl)cc12. The van der Waals surface area contributed by atoms with Crippen molar-refractivity contribution in [2.45, 2.75) is 0 Å². The molecule has 2 aromatic rings. The summed E-state index contributed by atoms with van der Waals surface area (Å²) in [6.07, 6.45) is 1.59. The van der Waals surface area contributed by atoms with Gasteiger partial charge < -0.3 is 10.9 Å². The lowest BCUT2D eigenvalue weighted by Gasteiger charge is -2.06. The molecule has 0 aliphatic carbocycles. The number of oxime groups is 1. The van der Waals surface area contributed by atoms with Gasteiger partial charge in [0.2, 0.25) is 0 Å². The number of pyridine rings is 1. The predicted octanol–water partition coefficient (Wildman–Crippen LogP) is 2.75. The molecule has 0 saturated carbocycles. The Morgan fingerprint density at radius 3 is 2.88 bits per heavy atom. The fourth-order valence-electron chi connectivity index (χ4n) is 1.46. The van der Waals surface area contributed by atoms with Crippen molar-refractivity contribution in [2.75, 3.05) is 0 Å². The number of nitrogens with zero attached hydrogens (tertiary/aromatic N) is 2. The molecular formula is C10H7BrClN3O. The van der Waals surface area contributed by atoms with E-state index in [1.807, 2.05) is 6.07 Å². The van der Waals surface area contributed by atoms with E-state index in [1.165, 1.54) is 0 Å². The van der Waals surface area contributed by atoms with Gasteiger partial charge in [-0.3, -0.25) is 4.98 Å². The molecule has 0 amide bonds. The van der Waals surface area contributed by atoms with Crippen molar-refractivity contribution in [2.24, 2.45) is 10.9 Å². The first-order valence-corrected chi connectivity index (χ1v) is 5.52. The van der Waals surface area contributed by atoms with Gasteiger partial charge in [-0.1, -0.05) is 32.7 Å². The second-order valence-corrected chi connectivity index (χ2v) is 4.42. The van der Waals surface area contributed by atoms with Gasteiger partial charge >= 0.3 is 0 Å². The average Bonchev–Trinajstić information content (AvgIpc) is 2.27. The molecule has 0 bridgehead atoms. The van der Waals surface area contributed by atoms with Gasteiger partial charge in [-0.15, -0.1) is 0 Å². The van der Waals surface area contributed by atoms with Crippen LogP contribution in [0.15, 0.2) is 34.0 Å². The Morgan fingerprint density at radius 2 is 2.19 bits per heavy atom. The summed E-state index contributed by atoms with van der Waals surface area (Å²) >= 11 is 9.34. The standard InChI is InChI=1S/C10H7BrClN3O/c11-8-4-5(12)3-7-6(8)1-2-14-9(7)10(13)15-16/h1-4,16H,(H2,13,15). The third kappa shape index (κ3) is 1.83. The smallest absolute Gasteiger partial charge is 0.189 e. The van der Waals surface area contributed by atoms with Crippen molar-refractivity contribution in [3.63, 3.8) is 0 Å². The molecule has 82 valence electrons. The summed E-state index contributed by atoms with van der Waals surface area (Å²) < 4.78 is 0.837. The Balaban J connectivity index is 2.87. The lowest BCUT2D eigenvalue weighted by molar-refractivity contribution is 0.318. The van der Waals surface area contributed by atoms with Crippen LogP contribution in [0.5, 0.6) is 0 Å². The summed E-state index contributed by atoms with van der Waals surface area (Å²) in [4.78, 5) is 4.06. The van der Waals surface area contributed by atoms with Gasteiger partial charge in [0.05, 0.1) is 0 Å². The Morgan fingerprint density at radius 1 is 1.44 bits per heavy atom. The van der Waals surface area contributed by atoms with Crippen molar-refractivity contribution in [3.8, 4) is 0 Å². The van der Waals surface area contributed by atoms with E-state index in [4.69, 9.17) is 22.5 Å². The Labute approximate surface area is 105 Å². The summed E-state index contributed by atoms with van der Waals surface area (Å²) in [7, 11) is 0. The van der Waals surface area contributed by atoms with Gasteiger partial charge in [-0.25, -0.2) is 0 Å². The molecule has 1 aromatic carbocycles. The maximum atomic E-state index is 8.66. The first-order chi connectivity index (χ1) is 7.63. The molecule has 16 heavy (non-hydrogen) atoms. The molecule has 0 radical (unpaired) electrons. The average molecular weight is 301 g/mol. The molecule has 0 aliphatic rings. The van der Waals surface area contributed by atoms with Crippen LogP contribution >= 0.6 is 27.5 Å². The molecule has 0 atom stereocenters. The van der Waals surface area contributed by atoms with E-state index in [2.05, 4.69) is 26.1 Å². The molecule has 1 heterocycles. The molecule has 0 spiro atoms. The number of aromatic nitrogens is 1. The van der Waals surface area contributed by atoms with Gasteiger partial charge in [0, 0.05) is 21.1 Å². The Bertz CT molecular complexity index is 586. The third-order valence-electron chi connectivity index (χ3n) is 2.14. The van der Waals surface area contributed by atoms with E-state index >= 15 is 0 Å². The first-order valence-electron chi connectivity index (χ1n) is 4.35. The van der Waals surface area contributed by atoms with Crippen LogP contribution in [0.4, 0.5) is 0 Å². The maximum Gasteiger partial charge on any atom is 0.189 e. The minimum Gasteiger partial charge on any atom is -0.409 e. The molecule has 1 aromatic heterocycles. The van der Waals surface area contributed by atoms with Gasteiger partial charge in [0.1, 0.15) is 5.69 Å². The normalized spacial score (nSPS) is 12.0. The zero-order valence-corrected chi connectivity index (χ0v) is 10.3. The van der Waals surface area contributed by atoms with Gasteiger partial charge in [0.25, 0.3) is 0 Å². The van der Waals surface area contributed by atoms with Gasteiger partial charge in [-0.2, -0.15) is 0 Å². The topological polar surface area (TPSA) is 71.5 Å². The minimum absolute atomic E-state index is 0.0419. The summed E-state index contributed by atoms with van der Waals surface area (Å²) in [6.45, 7) is 0. The summed E-state index contributed by atoms with van der Waals surface area (Å²) in [5.74, 6) is -0.0419. The van der Waals surface area contributed by atoms with E-state index < -0.39 is 0 Å². The van der Waals surface area contributed by atoms with E-state index in [-0.39, 0.29) is 5.84 Å². The van der Waals surface area contributed by atoms with Crippen LogP contribution in [-0.2, 0) is 0 Å². The van der Waals surface area contributed by atoms with Crippen LogP contribution in [0.25, 0.3) is 10.8 Å². The third-order valence-corrected chi connectivity index (χ3v) is 3.02. The highest BCUT2D eigenvalue weighted by Crippen LogP contribution is 2.29. The lowest BCUT2D eigenvalue weighted by atomic mass is 10.1. The molecule has 2 rings (SSSR count). The number of benzene rings is 1. The molecule has 0 saturated heterocycles. The van der Waals surface area contributed by atoms with Crippen LogP contribution in [0.1, 0.15) is 5.69 Å². The van der Waals surface area contributed by atoms with Crippen LogP contribution in [0.2, 0.25) is 5.02 Å². The fraction of sp³-hybridized carbons (Fsp3) is 0. The zero-order chi connectivity index (χ0) is 11.7. The molecule has 4 nitrogen and oxygen atoms in total. The summed E-state index contributed by atoms with van der Waals surface area (Å²) in [5.41, 5.74) is 5.95. The zero-order valence-electron chi connectivity index (χ0n) is 7.98. The number of nitrogens with two attached hydrogens (primary N) is 1. The molecular weight excluding hydrogens is 293 g/mol. The van der Waals surface area contributed by atoms with E-state index in [9.17, 15) is 0 Å². The Kier molecular flexibility index (Phi) is 2.98. The van der Waals surface area contributed by atoms with Crippen molar-refractivity contribution in [1.82, 2.24) is 4.98 Å².